The molecule has 5 heteroatoms. The van der Waals surface area contributed by atoms with Crippen molar-refractivity contribution in [3.63, 3.8) is 0 Å². The van der Waals surface area contributed by atoms with E-state index in [1.807, 2.05) is 26.8 Å². The van der Waals surface area contributed by atoms with Gasteiger partial charge < -0.3 is 9.47 Å². The standard InChI is InChI=1S/C20H21NO4/c1-11-10-20(3,4)21-17-14(11)8-13(9-15(17)12(2)18(21)22)25-19(23)16-6-5-7-24-16/h8-10,16H,2,5-7H2,1,3-4H3. The molecule has 1 aromatic carbocycles. The minimum Gasteiger partial charge on any atom is -0.425 e. The smallest absolute Gasteiger partial charge is 0.340 e. The van der Waals surface area contributed by atoms with Crippen molar-refractivity contribution < 1.29 is 19.1 Å². The fourth-order valence-electron chi connectivity index (χ4n) is 3.96. The van der Waals surface area contributed by atoms with Crippen molar-refractivity contribution >= 4 is 28.7 Å². The van der Waals surface area contributed by atoms with Gasteiger partial charge in [0, 0.05) is 23.3 Å². The third kappa shape index (κ3) is 2.34. The Kier molecular flexibility index (Phi) is 3.41. The molecule has 0 saturated carbocycles. The van der Waals surface area contributed by atoms with Crippen LogP contribution in [0.15, 0.2) is 24.8 Å². The maximum atomic E-state index is 12.7. The van der Waals surface area contributed by atoms with Gasteiger partial charge in [0.25, 0.3) is 5.91 Å². The van der Waals surface area contributed by atoms with Gasteiger partial charge in [0.1, 0.15) is 5.75 Å². The minimum absolute atomic E-state index is 0.104. The third-order valence-electron chi connectivity index (χ3n) is 5.08. The monoisotopic (exact) mass is 339 g/mol. The highest BCUT2D eigenvalue weighted by molar-refractivity contribution is 6.34. The summed E-state index contributed by atoms with van der Waals surface area (Å²) in [4.78, 5) is 26.8. The molecule has 1 aromatic rings. The van der Waals surface area contributed by atoms with Crippen LogP contribution in [-0.4, -0.2) is 30.1 Å². The van der Waals surface area contributed by atoms with Crippen LogP contribution in [-0.2, 0) is 14.3 Å². The van der Waals surface area contributed by atoms with Crippen molar-refractivity contribution in [2.45, 2.75) is 45.3 Å². The number of ether oxygens (including phenoxy) is 2. The average Bonchev–Trinajstić information content (AvgIpc) is 3.15. The Balaban J connectivity index is 1.78. The molecule has 0 aliphatic carbocycles. The van der Waals surface area contributed by atoms with Gasteiger partial charge in [-0.15, -0.1) is 0 Å². The minimum atomic E-state index is -0.499. The summed E-state index contributed by atoms with van der Waals surface area (Å²) >= 11 is 0. The van der Waals surface area contributed by atoms with Crippen LogP contribution in [0, 0.1) is 0 Å². The first-order valence-corrected chi connectivity index (χ1v) is 8.54. The second-order valence-electron chi connectivity index (χ2n) is 7.39. The first-order chi connectivity index (χ1) is 11.8. The first-order valence-electron chi connectivity index (χ1n) is 8.54. The van der Waals surface area contributed by atoms with Gasteiger partial charge in [-0.25, -0.2) is 4.79 Å². The summed E-state index contributed by atoms with van der Waals surface area (Å²) in [5.41, 5.74) is 3.56. The van der Waals surface area contributed by atoms with Gasteiger partial charge in [-0.05, 0) is 51.3 Å². The van der Waals surface area contributed by atoms with Gasteiger partial charge in [-0.2, -0.15) is 0 Å². The molecule has 3 aliphatic heterocycles. The van der Waals surface area contributed by atoms with E-state index in [4.69, 9.17) is 9.47 Å². The highest BCUT2D eigenvalue weighted by Gasteiger charge is 2.44. The number of anilines is 1. The molecular formula is C20H21NO4. The quantitative estimate of drug-likeness (QED) is 0.471. The van der Waals surface area contributed by atoms with E-state index in [-0.39, 0.29) is 11.9 Å². The van der Waals surface area contributed by atoms with Crippen LogP contribution < -0.4 is 9.64 Å². The summed E-state index contributed by atoms with van der Waals surface area (Å²) in [6.07, 6.45) is 3.11. The Bertz CT molecular complexity index is 843. The molecule has 1 atom stereocenters. The highest BCUT2D eigenvalue weighted by Crippen LogP contribution is 2.50. The van der Waals surface area contributed by atoms with Crippen LogP contribution in [0.4, 0.5) is 5.69 Å². The largest absolute Gasteiger partial charge is 0.425 e. The predicted molar refractivity (Wildman–Crippen MR) is 95.3 cm³/mol. The molecular weight excluding hydrogens is 318 g/mol. The summed E-state index contributed by atoms with van der Waals surface area (Å²) in [6, 6.07) is 3.56. The van der Waals surface area contributed by atoms with Crippen LogP contribution in [0.25, 0.3) is 11.1 Å². The lowest BCUT2D eigenvalue weighted by molar-refractivity contribution is -0.144. The lowest BCUT2D eigenvalue weighted by Crippen LogP contribution is -2.46. The van der Waals surface area contributed by atoms with E-state index in [9.17, 15) is 9.59 Å². The topological polar surface area (TPSA) is 55.8 Å². The number of nitrogens with zero attached hydrogens (tertiary/aromatic N) is 1. The summed E-state index contributed by atoms with van der Waals surface area (Å²) in [7, 11) is 0. The molecule has 1 amide bonds. The molecule has 1 fully saturated rings. The van der Waals surface area contributed by atoms with Gasteiger partial charge in [-0.1, -0.05) is 12.7 Å². The van der Waals surface area contributed by atoms with E-state index >= 15 is 0 Å². The number of hydrogen-bond donors (Lipinski definition) is 0. The van der Waals surface area contributed by atoms with Gasteiger partial charge in [0.15, 0.2) is 6.10 Å². The molecule has 130 valence electrons. The highest BCUT2D eigenvalue weighted by atomic mass is 16.6. The van der Waals surface area contributed by atoms with E-state index in [0.29, 0.717) is 24.4 Å². The Labute approximate surface area is 146 Å². The summed E-state index contributed by atoms with van der Waals surface area (Å²) in [6.45, 7) is 10.6. The zero-order chi connectivity index (χ0) is 17.9. The summed E-state index contributed by atoms with van der Waals surface area (Å²) < 4.78 is 10.9. The molecule has 5 nitrogen and oxygen atoms in total. The summed E-state index contributed by atoms with van der Waals surface area (Å²) in [5, 5.41) is 0. The Morgan fingerprint density at radius 1 is 1.36 bits per heavy atom. The Morgan fingerprint density at radius 2 is 2.08 bits per heavy atom. The first kappa shape index (κ1) is 16.1. The van der Waals surface area contributed by atoms with Crippen molar-refractivity contribution in [3.8, 4) is 5.75 Å². The molecule has 4 rings (SSSR count). The molecule has 0 spiro atoms. The fourth-order valence-corrected chi connectivity index (χ4v) is 3.96. The number of carbonyl (C=O) groups is 2. The van der Waals surface area contributed by atoms with E-state index in [1.165, 1.54) is 0 Å². The van der Waals surface area contributed by atoms with Gasteiger partial charge in [0.2, 0.25) is 0 Å². The summed E-state index contributed by atoms with van der Waals surface area (Å²) in [5.74, 6) is -0.0562. The number of hydrogen-bond acceptors (Lipinski definition) is 4. The van der Waals surface area contributed by atoms with Crippen LogP contribution in [0.2, 0.25) is 0 Å². The Morgan fingerprint density at radius 3 is 2.76 bits per heavy atom. The van der Waals surface area contributed by atoms with Crippen LogP contribution in [0.1, 0.15) is 44.7 Å². The van der Waals surface area contributed by atoms with Crippen molar-refractivity contribution in [1.82, 2.24) is 0 Å². The molecule has 25 heavy (non-hydrogen) atoms. The average molecular weight is 339 g/mol. The number of esters is 1. The van der Waals surface area contributed by atoms with Crippen molar-refractivity contribution in [1.29, 1.82) is 0 Å². The molecule has 0 radical (unpaired) electrons. The van der Waals surface area contributed by atoms with Gasteiger partial charge >= 0.3 is 5.97 Å². The molecule has 0 aromatic heterocycles. The number of amides is 1. The zero-order valence-electron chi connectivity index (χ0n) is 14.7. The molecule has 3 heterocycles. The van der Waals surface area contributed by atoms with Gasteiger partial charge in [-0.3, -0.25) is 9.69 Å². The van der Waals surface area contributed by atoms with E-state index in [0.717, 1.165) is 28.8 Å². The molecule has 1 saturated heterocycles. The number of allylic oxidation sites excluding steroid dienone is 1. The second-order valence-corrected chi connectivity index (χ2v) is 7.39. The Hall–Kier alpha value is -2.40. The lowest BCUT2D eigenvalue weighted by atomic mass is 9.89. The van der Waals surface area contributed by atoms with E-state index < -0.39 is 11.6 Å². The van der Waals surface area contributed by atoms with E-state index in [1.54, 1.807) is 11.0 Å². The molecule has 0 bridgehead atoms. The van der Waals surface area contributed by atoms with Crippen LogP contribution in [0.3, 0.4) is 0 Å². The van der Waals surface area contributed by atoms with Crippen LogP contribution >= 0.6 is 0 Å². The third-order valence-corrected chi connectivity index (χ3v) is 5.08. The maximum absolute atomic E-state index is 12.7. The number of carbonyl (C=O) groups excluding carboxylic acids is 2. The number of benzene rings is 1. The maximum Gasteiger partial charge on any atom is 0.340 e. The molecule has 0 N–H and O–H groups in total. The second kappa shape index (κ2) is 5.30. The SMILES string of the molecule is C=C1C(=O)N2c3c1cc(OC(=O)C1CCCO1)cc3C(C)=CC2(C)C. The lowest BCUT2D eigenvalue weighted by Gasteiger charge is -2.38. The van der Waals surface area contributed by atoms with Crippen LogP contribution in [0.5, 0.6) is 5.75 Å². The van der Waals surface area contributed by atoms with E-state index in [2.05, 4.69) is 12.7 Å². The van der Waals surface area contributed by atoms with Crippen molar-refractivity contribution in [2.75, 3.05) is 11.5 Å². The molecule has 3 aliphatic rings. The van der Waals surface area contributed by atoms with Gasteiger partial charge in [0.05, 0.1) is 11.2 Å². The normalized spacial score (nSPS) is 23.6. The predicted octanol–water partition coefficient (Wildman–Crippen LogP) is 3.33. The zero-order valence-corrected chi connectivity index (χ0v) is 14.7. The molecule has 1 unspecified atom stereocenters. The van der Waals surface area contributed by atoms with Crippen molar-refractivity contribution in [2.24, 2.45) is 0 Å². The van der Waals surface area contributed by atoms with Crippen molar-refractivity contribution in [3.05, 3.63) is 35.9 Å². The fraction of sp³-hybridized carbons (Fsp3) is 0.400. The number of rotatable bonds is 2.